The largest absolute Gasteiger partial charge is 0.492 e. The van der Waals surface area contributed by atoms with E-state index >= 15 is 0 Å². The van der Waals surface area contributed by atoms with E-state index in [0.29, 0.717) is 44.0 Å². The van der Waals surface area contributed by atoms with Crippen molar-refractivity contribution >= 4 is 5.97 Å². The molecule has 2 aliphatic carbocycles. The molecular weight excluding hydrogens is 468 g/mol. The second-order valence-corrected chi connectivity index (χ2v) is 10.2. The minimum absolute atomic E-state index is 0.0745. The van der Waals surface area contributed by atoms with Crippen LogP contribution in [0.4, 0.5) is 0 Å². The van der Waals surface area contributed by atoms with E-state index < -0.39 is 5.97 Å². The van der Waals surface area contributed by atoms with Crippen LogP contribution >= 0.6 is 0 Å². The Morgan fingerprint density at radius 3 is 2.68 bits per heavy atom. The fourth-order valence-corrected chi connectivity index (χ4v) is 5.36. The summed E-state index contributed by atoms with van der Waals surface area (Å²) in [5.41, 5.74) is 8.48. The average Bonchev–Trinajstić information content (AvgIpc) is 3.61. The molecule has 6 rings (SSSR count). The molecule has 6 heteroatoms. The van der Waals surface area contributed by atoms with Gasteiger partial charge >= 0.3 is 5.97 Å². The van der Waals surface area contributed by atoms with E-state index in [0.717, 1.165) is 29.7 Å². The summed E-state index contributed by atoms with van der Waals surface area (Å²) in [6.45, 7) is 4.25. The number of carboxylic acids is 1. The third-order valence-electron chi connectivity index (χ3n) is 7.46. The molecule has 1 N–H and O–H groups in total. The van der Waals surface area contributed by atoms with Gasteiger partial charge in [-0.3, -0.25) is 4.79 Å². The Balaban J connectivity index is 1.13. The van der Waals surface area contributed by atoms with Crippen molar-refractivity contribution < 1.29 is 28.8 Å². The van der Waals surface area contributed by atoms with Gasteiger partial charge in [0, 0.05) is 17.5 Å². The Bertz CT molecular complexity index is 1330. The molecule has 6 nitrogen and oxygen atoms in total. The predicted octanol–water partition coefficient (Wildman–Crippen LogP) is 5.85. The second kappa shape index (κ2) is 10.1. The predicted molar refractivity (Wildman–Crippen MR) is 140 cm³/mol. The first-order chi connectivity index (χ1) is 18.0. The molecule has 3 aliphatic rings. The Kier molecular flexibility index (Phi) is 6.51. The summed E-state index contributed by atoms with van der Waals surface area (Å²) in [5.74, 6) is 1.52. The molecule has 1 heterocycles. The van der Waals surface area contributed by atoms with Gasteiger partial charge in [-0.15, -0.1) is 0 Å². The lowest BCUT2D eigenvalue weighted by atomic mass is 9.79. The standard InChI is InChI=1S/C31H32O6/c1-19-13-28(35-12-11-34-23-5-6-23)26-9-10-27(26)31(19)21-4-2-3-20(14-21)17-36-24-7-8-25-22(15-30(32)33)18-37-29(25)16-24/h2-4,7-8,13-14,16,22-23H,5-6,9-12,15,17-18H2,1H3,(H,32,33). The van der Waals surface area contributed by atoms with E-state index in [9.17, 15) is 4.79 Å². The lowest BCUT2D eigenvalue weighted by Crippen LogP contribution is -2.16. The summed E-state index contributed by atoms with van der Waals surface area (Å²) >= 11 is 0. The number of aliphatic carboxylic acids is 1. The van der Waals surface area contributed by atoms with Crippen LogP contribution in [0.2, 0.25) is 0 Å². The molecule has 0 aromatic heterocycles. The Labute approximate surface area is 217 Å². The van der Waals surface area contributed by atoms with Crippen LogP contribution in [0.15, 0.2) is 48.5 Å². The first-order valence-corrected chi connectivity index (χ1v) is 13.2. The lowest BCUT2D eigenvalue weighted by Gasteiger charge is -2.28. The maximum Gasteiger partial charge on any atom is 0.304 e. The Morgan fingerprint density at radius 2 is 1.89 bits per heavy atom. The van der Waals surface area contributed by atoms with E-state index in [4.69, 9.17) is 24.1 Å². The fraction of sp³-hybridized carbons (Fsp3) is 0.387. The Morgan fingerprint density at radius 1 is 1.03 bits per heavy atom. The van der Waals surface area contributed by atoms with Crippen molar-refractivity contribution in [1.29, 1.82) is 0 Å². The molecule has 1 fully saturated rings. The van der Waals surface area contributed by atoms with E-state index in [-0.39, 0.29) is 12.3 Å². The van der Waals surface area contributed by atoms with Crippen molar-refractivity contribution in [1.82, 2.24) is 0 Å². The molecule has 0 radical (unpaired) electrons. The highest BCUT2D eigenvalue weighted by atomic mass is 16.5. The fourth-order valence-electron chi connectivity index (χ4n) is 5.36. The molecule has 192 valence electrons. The normalized spacial score (nSPS) is 17.4. The number of fused-ring (bicyclic) bond motifs is 2. The smallest absolute Gasteiger partial charge is 0.304 e. The van der Waals surface area contributed by atoms with Crippen LogP contribution in [-0.2, 0) is 29.0 Å². The van der Waals surface area contributed by atoms with Crippen LogP contribution in [0, 0.1) is 6.92 Å². The molecule has 1 aliphatic heterocycles. The number of aryl methyl sites for hydroxylation is 1. The lowest BCUT2D eigenvalue weighted by molar-refractivity contribution is -0.137. The highest BCUT2D eigenvalue weighted by Crippen LogP contribution is 2.42. The summed E-state index contributed by atoms with van der Waals surface area (Å²) in [6, 6.07) is 16.4. The molecular formula is C31H32O6. The van der Waals surface area contributed by atoms with E-state index in [1.54, 1.807) is 0 Å². The van der Waals surface area contributed by atoms with Gasteiger partial charge in [-0.1, -0.05) is 24.3 Å². The number of hydrogen-bond donors (Lipinski definition) is 1. The monoisotopic (exact) mass is 500 g/mol. The van der Waals surface area contributed by atoms with Crippen LogP contribution in [0.25, 0.3) is 11.1 Å². The van der Waals surface area contributed by atoms with Gasteiger partial charge in [0.2, 0.25) is 0 Å². The van der Waals surface area contributed by atoms with E-state index in [1.165, 1.54) is 40.7 Å². The van der Waals surface area contributed by atoms with Crippen LogP contribution in [0.1, 0.15) is 53.0 Å². The first kappa shape index (κ1) is 23.9. The molecule has 0 spiro atoms. The maximum atomic E-state index is 11.1. The quantitative estimate of drug-likeness (QED) is 0.333. The topological polar surface area (TPSA) is 74.2 Å². The molecule has 0 amide bonds. The van der Waals surface area contributed by atoms with Crippen molar-refractivity contribution in [3.05, 3.63) is 76.3 Å². The van der Waals surface area contributed by atoms with Crippen molar-refractivity contribution in [2.45, 2.75) is 57.7 Å². The molecule has 37 heavy (non-hydrogen) atoms. The Hall–Kier alpha value is -3.51. The summed E-state index contributed by atoms with van der Waals surface area (Å²) in [6.07, 6.45) is 5.02. The van der Waals surface area contributed by atoms with Crippen LogP contribution < -0.4 is 14.2 Å². The average molecular weight is 501 g/mol. The molecule has 3 aromatic carbocycles. The zero-order valence-electron chi connectivity index (χ0n) is 21.1. The number of rotatable bonds is 11. The van der Waals surface area contributed by atoms with Crippen molar-refractivity contribution in [3.63, 3.8) is 0 Å². The number of carboxylic acid groups (broad SMARTS) is 1. The number of benzene rings is 3. The highest BCUT2D eigenvalue weighted by Gasteiger charge is 2.27. The molecule has 3 aromatic rings. The van der Waals surface area contributed by atoms with Gasteiger partial charge < -0.3 is 24.1 Å². The van der Waals surface area contributed by atoms with E-state index in [2.05, 4.69) is 37.3 Å². The minimum Gasteiger partial charge on any atom is -0.492 e. The summed E-state index contributed by atoms with van der Waals surface area (Å²) in [7, 11) is 0. The van der Waals surface area contributed by atoms with Gasteiger partial charge in [0.05, 0.1) is 25.7 Å². The molecule has 0 bridgehead atoms. The zero-order valence-corrected chi connectivity index (χ0v) is 21.1. The van der Waals surface area contributed by atoms with Crippen LogP contribution in [-0.4, -0.2) is 37.0 Å². The van der Waals surface area contributed by atoms with Crippen LogP contribution in [0.5, 0.6) is 17.2 Å². The van der Waals surface area contributed by atoms with Gasteiger partial charge in [-0.05, 0) is 84.2 Å². The number of hydrogen-bond acceptors (Lipinski definition) is 5. The summed E-state index contributed by atoms with van der Waals surface area (Å²) in [5, 5.41) is 9.11. The SMILES string of the molecule is Cc1cc(OCCOC2CC2)c2c(c1-c1cccc(COc3ccc4c(c3)OCC4CC(=O)O)c1)CC2. The third-order valence-corrected chi connectivity index (χ3v) is 7.46. The maximum absolute atomic E-state index is 11.1. The van der Waals surface area contributed by atoms with Gasteiger partial charge in [-0.25, -0.2) is 0 Å². The third kappa shape index (κ3) is 5.16. The minimum atomic E-state index is -0.813. The van der Waals surface area contributed by atoms with Gasteiger partial charge in [0.15, 0.2) is 0 Å². The first-order valence-electron chi connectivity index (χ1n) is 13.2. The second-order valence-electron chi connectivity index (χ2n) is 10.2. The highest BCUT2D eigenvalue weighted by molar-refractivity contribution is 5.76. The van der Waals surface area contributed by atoms with Crippen molar-refractivity contribution in [2.75, 3.05) is 19.8 Å². The van der Waals surface area contributed by atoms with Crippen molar-refractivity contribution in [2.24, 2.45) is 0 Å². The molecule has 1 saturated carbocycles. The summed E-state index contributed by atoms with van der Waals surface area (Å²) in [4.78, 5) is 11.1. The molecule has 1 unspecified atom stereocenters. The molecule has 0 saturated heterocycles. The van der Waals surface area contributed by atoms with E-state index in [1.807, 2.05) is 18.2 Å². The van der Waals surface area contributed by atoms with Crippen LogP contribution in [0.3, 0.4) is 0 Å². The van der Waals surface area contributed by atoms with Crippen molar-refractivity contribution in [3.8, 4) is 28.4 Å². The molecule has 1 atom stereocenters. The van der Waals surface area contributed by atoms with Gasteiger partial charge in [-0.2, -0.15) is 0 Å². The summed E-state index contributed by atoms with van der Waals surface area (Å²) < 4.78 is 23.6. The number of ether oxygens (including phenoxy) is 4. The zero-order chi connectivity index (χ0) is 25.4. The number of carbonyl (C=O) groups is 1. The van der Waals surface area contributed by atoms with Gasteiger partial charge in [0.25, 0.3) is 0 Å². The van der Waals surface area contributed by atoms with Gasteiger partial charge in [0.1, 0.15) is 30.5 Å².